The minimum atomic E-state index is -3.35. The molecular weight excluding hydrogens is 300 g/mol. The maximum Gasteiger partial charge on any atom is 0.252 e. The van der Waals surface area contributed by atoms with E-state index in [9.17, 15) is 13.2 Å². The Hall–Kier alpha value is -1.66. The Kier molecular flexibility index (Phi) is 4.72. The van der Waals surface area contributed by atoms with Crippen molar-refractivity contribution in [3.63, 3.8) is 0 Å². The van der Waals surface area contributed by atoms with Crippen molar-refractivity contribution in [1.29, 1.82) is 0 Å². The number of nitrogens with one attached hydrogen (secondary N) is 1. The Morgan fingerprint density at radius 1 is 1.23 bits per heavy atom. The van der Waals surface area contributed by atoms with E-state index in [0.717, 1.165) is 16.5 Å². The first kappa shape index (κ1) is 16.7. The highest BCUT2D eigenvalue weighted by Gasteiger charge is 2.19. The van der Waals surface area contributed by atoms with E-state index < -0.39 is 10.0 Å². The quantitative estimate of drug-likeness (QED) is 0.918. The van der Waals surface area contributed by atoms with Gasteiger partial charge < -0.3 is 4.98 Å². The molecule has 0 aliphatic carbocycles. The Morgan fingerprint density at radius 2 is 1.91 bits per heavy atom. The molecule has 1 heterocycles. The van der Waals surface area contributed by atoms with Gasteiger partial charge in [-0.2, -0.15) is 4.31 Å². The number of aryl methyl sites for hydroxylation is 1. The number of aromatic nitrogens is 1. The Labute approximate surface area is 131 Å². The summed E-state index contributed by atoms with van der Waals surface area (Å²) >= 11 is 0. The predicted octanol–water partition coefficient (Wildman–Crippen LogP) is 2.25. The van der Waals surface area contributed by atoms with E-state index in [0.29, 0.717) is 12.1 Å². The largest absolute Gasteiger partial charge is 0.322 e. The molecule has 0 saturated carbocycles. The Morgan fingerprint density at radius 3 is 2.50 bits per heavy atom. The molecule has 2 aromatic rings. The van der Waals surface area contributed by atoms with E-state index in [2.05, 4.69) is 4.98 Å². The minimum absolute atomic E-state index is 0.0934. The highest BCUT2D eigenvalue weighted by Crippen LogP contribution is 2.15. The maximum absolute atomic E-state index is 12.2. The molecule has 120 valence electrons. The molecule has 0 aliphatic rings. The second-order valence-electron chi connectivity index (χ2n) is 6.16. The summed E-state index contributed by atoms with van der Waals surface area (Å²) in [7, 11) is -3.35. The van der Waals surface area contributed by atoms with E-state index in [1.54, 1.807) is 6.07 Å². The zero-order valence-electron chi connectivity index (χ0n) is 13.4. The minimum Gasteiger partial charge on any atom is -0.322 e. The third kappa shape index (κ3) is 3.96. The fourth-order valence-electron chi connectivity index (χ4n) is 2.39. The van der Waals surface area contributed by atoms with Gasteiger partial charge in [-0.1, -0.05) is 26.0 Å². The second kappa shape index (κ2) is 6.22. The maximum atomic E-state index is 12.2. The van der Waals surface area contributed by atoms with Crippen molar-refractivity contribution >= 4 is 20.9 Å². The molecule has 2 rings (SSSR count). The molecule has 0 fully saturated rings. The van der Waals surface area contributed by atoms with Gasteiger partial charge in [0.1, 0.15) is 0 Å². The molecule has 1 aromatic heterocycles. The molecule has 0 aliphatic heterocycles. The van der Waals surface area contributed by atoms with Crippen LogP contribution in [0.1, 0.15) is 25.0 Å². The number of H-pyrrole nitrogens is 1. The van der Waals surface area contributed by atoms with Crippen LogP contribution in [0.15, 0.2) is 29.1 Å². The van der Waals surface area contributed by atoms with Crippen molar-refractivity contribution in [3.05, 3.63) is 45.7 Å². The third-order valence-electron chi connectivity index (χ3n) is 3.46. The lowest BCUT2D eigenvalue weighted by atomic mass is 10.1. The molecule has 0 radical (unpaired) electrons. The van der Waals surface area contributed by atoms with Gasteiger partial charge in [-0.15, -0.1) is 0 Å². The van der Waals surface area contributed by atoms with Gasteiger partial charge in [0.15, 0.2) is 0 Å². The molecule has 0 bridgehead atoms. The van der Waals surface area contributed by atoms with E-state index in [1.165, 1.54) is 10.6 Å². The molecule has 0 unspecified atom stereocenters. The molecule has 5 nitrogen and oxygen atoms in total. The van der Waals surface area contributed by atoms with E-state index in [-0.39, 0.29) is 18.0 Å². The number of nitrogens with zero attached hydrogens (tertiary/aromatic N) is 1. The van der Waals surface area contributed by atoms with Crippen molar-refractivity contribution in [2.75, 3.05) is 12.8 Å². The normalized spacial score (nSPS) is 12.5. The van der Waals surface area contributed by atoms with E-state index >= 15 is 0 Å². The van der Waals surface area contributed by atoms with Crippen LogP contribution >= 0.6 is 0 Å². The molecular formula is C16H22N2O3S. The topological polar surface area (TPSA) is 70.2 Å². The third-order valence-corrected chi connectivity index (χ3v) is 4.68. The van der Waals surface area contributed by atoms with Crippen molar-refractivity contribution < 1.29 is 8.42 Å². The van der Waals surface area contributed by atoms with Gasteiger partial charge in [-0.3, -0.25) is 4.79 Å². The summed E-state index contributed by atoms with van der Waals surface area (Å²) in [4.78, 5) is 15.0. The highest BCUT2D eigenvalue weighted by atomic mass is 32.2. The fourth-order valence-corrected chi connectivity index (χ4v) is 3.33. The average molecular weight is 322 g/mol. The first-order chi connectivity index (χ1) is 10.2. The number of rotatable bonds is 5. The SMILES string of the molecule is Cc1ccc2cc(CN(CC(C)C)S(C)(=O)=O)c(=O)[nH]c2c1. The lowest BCUT2D eigenvalue weighted by Crippen LogP contribution is -2.34. The molecule has 1 N–H and O–H groups in total. The van der Waals surface area contributed by atoms with Crippen LogP contribution in [0.4, 0.5) is 0 Å². The monoisotopic (exact) mass is 322 g/mol. The van der Waals surface area contributed by atoms with Crippen molar-refractivity contribution in [3.8, 4) is 0 Å². The van der Waals surface area contributed by atoms with Crippen LogP contribution in [-0.4, -0.2) is 30.5 Å². The first-order valence-corrected chi connectivity index (χ1v) is 9.09. The number of pyridine rings is 1. The second-order valence-corrected chi connectivity index (χ2v) is 8.15. The lowest BCUT2D eigenvalue weighted by molar-refractivity contribution is 0.364. The molecule has 0 amide bonds. The van der Waals surface area contributed by atoms with Gasteiger partial charge in [0, 0.05) is 24.2 Å². The highest BCUT2D eigenvalue weighted by molar-refractivity contribution is 7.88. The van der Waals surface area contributed by atoms with Gasteiger partial charge in [-0.05, 0) is 35.9 Å². The van der Waals surface area contributed by atoms with E-state index in [4.69, 9.17) is 0 Å². The number of benzene rings is 1. The molecule has 22 heavy (non-hydrogen) atoms. The summed E-state index contributed by atoms with van der Waals surface area (Å²) in [5.41, 5.74) is 2.05. The zero-order valence-corrected chi connectivity index (χ0v) is 14.2. The summed E-state index contributed by atoms with van der Waals surface area (Å²) in [5, 5.41) is 0.901. The summed E-state index contributed by atoms with van der Waals surface area (Å²) in [5.74, 6) is 0.192. The summed E-state index contributed by atoms with van der Waals surface area (Å²) in [6.07, 6.45) is 1.17. The van der Waals surface area contributed by atoms with Gasteiger partial charge in [-0.25, -0.2) is 8.42 Å². The van der Waals surface area contributed by atoms with E-state index in [1.807, 2.05) is 39.0 Å². The summed E-state index contributed by atoms with van der Waals surface area (Å²) < 4.78 is 25.2. The predicted molar refractivity (Wildman–Crippen MR) is 89.4 cm³/mol. The number of fused-ring (bicyclic) bond motifs is 1. The standard InChI is InChI=1S/C16H22N2O3S/c1-11(2)9-18(22(4,20)21)10-14-8-13-6-5-12(3)7-15(13)17-16(14)19/h5-8,11H,9-10H2,1-4H3,(H,17,19). The van der Waals surface area contributed by atoms with Crippen LogP contribution in [0.5, 0.6) is 0 Å². The molecule has 0 atom stereocenters. The fraction of sp³-hybridized carbons (Fsp3) is 0.438. The number of hydrogen-bond donors (Lipinski definition) is 1. The van der Waals surface area contributed by atoms with Crippen molar-refractivity contribution in [2.45, 2.75) is 27.3 Å². The summed E-state index contributed by atoms with van der Waals surface area (Å²) in [6.45, 7) is 6.34. The van der Waals surface area contributed by atoms with Gasteiger partial charge in [0.2, 0.25) is 10.0 Å². The summed E-state index contributed by atoms with van der Waals surface area (Å²) in [6, 6.07) is 7.57. The van der Waals surface area contributed by atoms with Crippen LogP contribution < -0.4 is 5.56 Å². The van der Waals surface area contributed by atoms with Gasteiger partial charge >= 0.3 is 0 Å². The van der Waals surface area contributed by atoms with Crippen LogP contribution in [0.2, 0.25) is 0 Å². The lowest BCUT2D eigenvalue weighted by Gasteiger charge is -2.21. The van der Waals surface area contributed by atoms with Crippen molar-refractivity contribution in [1.82, 2.24) is 9.29 Å². The Balaban J connectivity index is 2.43. The number of aromatic amines is 1. The molecule has 0 spiro atoms. The zero-order chi connectivity index (χ0) is 16.5. The van der Waals surface area contributed by atoms with Crippen LogP contribution in [-0.2, 0) is 16.6 Å². The van der Waals surface area contributed by atoms with Crippen molar-refractivity contribution in [2.24, 2.45) is 5.92 Å². The molecule has 6 heteroatoms. The first-order valence-electron chi connectivity index (χ1n) is 7.24. The molecule has 0 saturated heterocycles. The molecule has 1 aromatic carbocycles. The van der Waals surface area contributed by atoms with Gasteiger partial charge in [0.05, 0.1) is 6.26 Å². The average Bonchev–Trinajstić information content (AvgIpc) is 2.37. The van der Waals surface area contributed by atoms with Crippen LogP contribution in [0.3, 0.4) is 0 Å². The number of sulfonamides is 1. The number of hydrogen-bond acceptors (Lipinski definition) is 3. The van der Waals surface area contributed by atoms with Crippen LogP contribution in [0.25, 0.3) is 10.9 Å². The Bertz CT molecular complexity index is 838. The van der Waals surface area contributed by atoms with Crippen LogP contribution in [0, 0.1) is 12.8 Å². The smallest absolute Gasteiger partial charge is 0.252 e. The van der Waals surface area contributed by atoms with Gasteiger partial charge in [0.25, 0.3) is 5.56 Å².